The Morgan fingerprint density at radius 1 is 1.46 bits per heavy atom. The molecular formula is C11H23NO. The van der Waals surface area contributed by atoms with Crippen molar-refractivity contribution < 1.29 is 4.74 Å². The van der Waals surface area contributed by atoms with Crippen LogP contribution in [0.15, 0.2) is 0 Å². The molecule has 78 valence electrons. The molecule has 13 heavy (non-hydrogen) atoms. The molecule has 1 aliphatic rings. The third-order valence-electron chi connectivity index (χ3n) is 3.18. The molecule has 0 radical (unpaired) electrons. The Morgan fingerprint density at radius 3 is 2.85 bits per heavy atom. The van der Waals surface area contributed by atoms with Gasteiger partial charge in [0.25, 0.3) is 0 Å². The van der Waals surface area contributed by atoms with Crippen LogP contribution in [0.4, 0.5) is 0 Å². The number of nitrogens with one attached hydrogen (secondary N) is 1. The summed E-state index contributed by atoms with van der Waals surface area (Å²) in [6.07, 6.45) is 5.56. The van der Waals surface area contributed by atoms with E-state index in [0.717, 1.165) is 12.5 Å². The Hall–Kier alpha value is -0.0800. The largest absolute Gasteiger partial charge is 0.380 e. The summed E-state index contributed by atoms with van der Waals surface area (Å²) in [7, 11) is 1.83. The summed E-state index contributed by atoms with van der Waals surface area (Å²) in [6, 6.07) is 0.610. The lowest BCUT2D eigenvalue weighted by Gasteiger charge is -2.21. The van der Waals surface area contributed by atoms with Crippen LogP contribution in [0.3, 0.4) is 0 Å². The molecule has 1 fully saturated rings. The van der Waals surface area contributed by atoms with Crippen molar-refractivity contribution in [3.63, 3.8) is 0 Å². The van der Waals surface area contributed by atoms with Gasteiger partial charge < -0.3 is 10.1 Å². The molecule has 2 nitrogen and oxygen atoms in total. The van der Waals surface area contributed by atoms with Gasteiger partial charge in [0.2, 0.25) is 0 Å². The maximum atomic E-state index is 5.43. The van der Waals surface area contributed by atoms with Gasteiger partial charge in [0.1, 0.15) is 0 Å². The summed E-state index contributed by atoms with van der Waals surface area (Å²) in [5, 5.41) is 3.61. The molecule has 1 aliphatic carbocycles. The molecule has 0 saturated heterocycles. The van der Waals surface area contributed by atoms with E-state index >= 15 is 0 Å². The summed E-state index contributed by atoms with van der Waals surface area (Å²) in [4.78, 5) is 0. The lowest BCUT2D eigenvalue weighted by molar-refractivity contribution is 0.0840. The minimum Gasteiger partial charge on any atom is -0.380 e. The number of hydrogen-bond acceptors (Lipinski definition) is 2. The van der Waals surface area contributed by atoms with Crippen LogP contribution < -0.4 is 5.32 Å². The Morgan fingerprint density at radius 2 is 2.23 bits per heavy atom. The topological polar surface area (TPSA) is 21.3 Å². The molecule has 0 aromatic heterocycles. The molecule has 3 unspecified atom stereocenters. The van der Waals surface area contributed by atoms with Crippen molar-refractivity contribution in [1.82, 2.24) is 5.32 Å². The van der Waals surface area contributed by atoms with Crippen LogP contribution in [0.1, 0.15) is 39.5 Å². The van der Waals surface area contributed by atoms with Crippen molar-refractivity contribution in [1.29, 1.82) is 0 Å². The van der Waals surface area contributed by atoms with Crippen LogP contribution in [-0.2, 0) is 4.74 Å². The molecule has 1 saturated carbocycles. The molecule has 0 aromatic carbocycles. The first kappa shape index (κ1) is 11.0. The van der Waals surface area contributed by atoms with E-state index in [1.807, 2.05) is 7.11 Å². The van der Waals surface area contributed by atoms with Gasteiger partial charge in [-0.3, -0.25) is 0 Å². The van der Waals surface area contributed by atoms with E-state index in [1.54, 1.807) is 0 Å². The van der Waals surface area contributed by atoms with Crippen LogP contribution >= 0.6 is 0 Å². The third kappa shape index (κ3) is 3.28. The Labute approximate surface area is 82.0 Å². The Balaban J connectivity index is 2.19. The highest BCUT2D eigenvalue weighted by molar-refractivity contribution is 4.84. The van der Waals surface area contributed by atoms with Crippen molar-refractivity contribution in [2.45, 2.75) is 51.7 Å². The lowest BCUT2D eigenvalue weighted by Crippen LogP contribution is -2.38. The molecule has 3 atom stereocenters. The zero-order chi connectivity index (χ0) is 9.68. The van der Waals surface area contributed by atoms with E-state index in [9.17, 15) is 0 Å². The highest BCUT2D eigenvalue weighted by Crippen LogP contribution is 2.21. The normalized spacial score (nSPS) is 30.7. The first-order valence-electron chi connectivity index (χ1n) is 5.54. The minimum absolute atomic E-state index is 0.462. The molecule has 1 rings (SSSR count). The number of methoxy groups -OCH3 is 1. The fourth-order valence-corrected chi connectivity index (χ4v) is 1.94. The van der Waals surface area contributed by atoms with Crippen molar-refractivity contribution in [2.75, 3.05) is 13.7 Å². The van der Waals surface area contributed by atoms with Crippen molar-refractivity contribution >= 4 is 0 Å². The van der Waals surface area contributed by atoms with Gasteiger partial charge >= 0.3 is 0 Å². The van der Waals surface area contributed by atoms with Crippen molar-refractivity contribution in [3.05, 3.63) is 0 Å². The van der Waals surface area contributed by atoms with Crippen molar-refractivity contribution in [3.8, 4) is 0 Å². The van der Waals surface area contributed by atoms with Gasteiger partial charge in [0.05, 0.1) is 6.10 Å². The van der Waals surface area contributed by atoms with E-state index in [1.165, 1.54) is 25.7 Å². The Bertz CT molecular complexity index is 138. The molecular weight excluding hydrogens is 162 g/mol. The number of hydrogen-bond donors (Lipinski definition) is 1. The zero-order valence-electron chi connectivity index (χ0n) is 9.18. The van der Waals surface area contributed by atoms with Gasteiger partial charge in [0.15, 0.2) is 0 Å². The summed E-state index contributed by atoms with van der Waals surface area (Å²) in [5.41, 5.74) is 0. The highest BCUT2D eigenvalue weighted by atomic mass is 16.5. The summed E-state index contributed by atoms with van der Waals surface area (Å²) >= 11 is 0. The second kappa shape index (κ2) is 5.61. The quantitative estimate of drug-likeness (QED) is 0.709. The molecule has 0 amide bonds. The first-order valence-corrected chi connectivity index (χ1v) is 5.54. The highest BCUT2D eigenvalue weighted by Gasteiger charge is 2.26. The first-order chi connectivity index (χ1) is 6.27. The third-order valence-corrected chi connectivity index (χ3v) is 3.18. The monoisotopic (exact) mass is 185 g/mol. The molecule has 0 spiro atoms. The van der Waals surface area contributed by atoms with E-state index in [4.69, 9.17) is 4.74 Å². The molecule has 0 heterocycles. The predicted molar refractivity (Wildman–Crippen MR) is 55.9 cm³/mol. The van der Waals surface area contributed by atoms with Gasteiger partial charge in [0, 0.05) is 13.2 Å². The Kier molecular flexibility index (Phi) is 4.74. The number of ether oxygens (including phenoxy) is 1. The average Bonchev–Trinajstić information content (AvgIpc) is 2.61. The van der Waals surface area contributed by atoms with E-state index in [0.29, 0.717) is 12.1 Å². The summed E-state index contributed by atoms with van der Waals surface area (Å²) in [5.74, 6) is 0.790. The SMILES string of the molecule is CCC(C)CNC1CCCC1OC. The maximum Gasteiger partial charge on any atom is 0.0724 e. The van der Waals surface area contributed by atoms with Gasteiger partial charge in [-0.1, -0.05) is 20.3 Å². The average molecular weight is 185 g/mol. The second-order valence-corrected chi connectivity index (χ2v) is 4.23. The van der Waals surface area contributed by atoms with E-state index in [-0.39, 0.29) is 0 Å². The molecule has 1 N–H and O–H groups in total. The number of rotatable bonds is 5. The smallest absolute Gasteiger partial charge is 0.0724 e. The van der Waals surface area contributed by atoms with Crippen LogP contribution in [0.25, 0.3) is 0 Å². The van der Waals surface area contributed by atoms with Gasteiger partial charge in [-0.25, -0.2) is 0 Å². The zero-order valence-corrected chi connectivity index (χ0v) is 9.18. The van der Waals surface area contributed by atoms with Gasteiger partial charge in [-0.2, -0.15) is 0 Å². The predicted octanol–water partition coefficient (Wildman–Crippen LogP) is 2.19. The van der Waals surface area contributed by atoms with Crippen LogP contribution in [0.2, 0.25) is 0 Å². The van der Waals surface area contributed by atoms with E-state index in [2.05, 4.69) is 19.2 Å². The fraction of sp³-hybridized carbons (Fsp3) is 1.00. The van der Waals surface area contributed by atoms with Gasteiger partial charge in [-0.15, -0.1) is 0 Å². The fourth-order valence-electron chi connectivity index (χ4n) is 1.94. The molecule has 2 heteroatoms. The summed E-state index contributed by atoms with van der Waals surface area (Å²) < 4.78 is 5.43. The second-order valence-electron chi connectivity index (χ2n) is 4.23. The van der Waals surface area contributed by atoms with E-state index < -0.39 is 0 Å². The van der Waals surface area contributed by atoms with Gasteiger partial charge in [-0.05, 0) is 31.7 Å². The van der Waals surface area contributed by atoms with Crippen LogP contribution in [0.5, 0.6) is 0 Å². The van der Waals surface area contributed by atoms with Crippen molar-refractivity contribution in [2.24, 2.45) is 5.92 Å². The molecule has 0 aliphatic heterocycles. The summed E-state index contributed by atoms with van der Waals surface area (Å²) in [6.45, 7) is 5.68. The minimum atomic E-state index is 0.462. The lowest BCUT2D eigenvalue weighted by atomic mass is 10.1. The van der Waals surface area contributed by atoms with Crippen LogP contribution in [0, 0.1) is 5.92 Å². The standard InChI is InChI=1S/C11H23NO/c1-4-9(2)8-12-10-6-5-7-11(10)13-3/h9-12H,4-8H2,1-3H3. The maximum absolute atomic E-state index is 5.43. The molecule has 0 bridgehead atoms. The molecule has 0 aromatic rings. The van der Waals surface area contributed by atoms with Crippen LogP contribution in [-0.4, -0.2) is 25.8 Å².